The molecule has 0 atom stereocenters. The molecule has 3 nitrogen and oxygen atoms in total. The Hall–Kier alpha value is -1.52. The van der Waals surface area contributed by atoms with Crippen LogP contribution in [0.4, 0.5) is 5.69 Å². The third-order valence-electron chi connectivity index (χ3n) is 3.80. The van der Waals surface area contributed by atoms with Gasteiger partial charge in [-0.1, -0.05) is 18.2 Å². The van der Waals surface area contributed by atoms with Gasteiger partial charge in [-0.15, -0.1) is 11.3 Å². The molecule has 1 aliphatic rings. The molecule has 1 aromatic carbocycles. The molecule has 1 aliphatic heterocycles. The molecule has 1 aromatic heterocycles. The molecule has 3 rings (SSSR count). The second-order valence-corrected chi connectivity index (χ2v) is 6.68. The first kappa shape index (κ1) is 14.4. The van der Waals surface area contributed by atoms with Crippen molar-refractivity contribution < 1.29 is 4.74 Å². The maximum absolute atomic E-state index is 5.88. The maximum atomic E-state index is 5.88. The van der Waals surface area contributed by atoms with Crippen LogP contribution in [0.1, 0.15) is 24.3 Å². The van der Waals surface area contributed by atoms with Crippen LogP contribution in [0.25, 0.3) is 0 Å². The molecule has 0 aliphatic carbocycles. The second-order valence-electron chi connectivity index (χ2n) is 5.65. The highest BCUT2D eigenvalue weighted by Crippen LogP contribution is 2.32. The Morgan fingerprint density at radius 2 is 2.14 bits per heavy atom. The summed E-state index contributed by atoms with van der Waals surface area (Å²) in [6, 6.07) is 11.2. The number of nitrogens with zero attached hydrogens (tertiary/aromatic N) is 1. The highest BCUT2D eigenvalue weighted by molar-refractivity contribution is 7.09. The fourth-order valence-corrected chi connectivity index (χ4v) is 3.33. The van der Waals surface area contributed by atoms with Crippen LogP contribution in [-0.2, 0) is 13.1 Å². The monoisotopic (exact) mass is 302 g/mol. The van der Waals surface area contributed by atoms with Crippen molar-refractivity contribution in [3.8, 4) is 5.75 Å². The van der Waals surface area contributed by atoms with E-state index in [4.69, 9.17) is 4.74 Å². The summed E-state index contributed by atoms with van der Waals surface area (Å²) in [5, 5.41) is 5.55. The highest BCUT2D eigenvalue weighted by atomic mass is 32.1. The number of benzene rings is 1. The van der Waals surface area contributed by atoms with Gasteiger partial charge in [0.1, 0.15) is 12.4 Å². The van der Waals surface area contributed by atoms with Crippen molar-refractivity contribution in [2.45, 2.75) is 33.0 Å². The molecule has 112 valence electrons. The summed E-state index contributed by atoms with van der Waals surface area (Å²) in [4.78, 5) is 3.90. The minimum Gasteiger partial charge on any atom is -0.489 e. The van der Waals surface area contributed by atoms with E-state index in [-0.39, 0.29) is 0 Å². The van der Waals surface area contributed by atoms with Crippen molar-refractivity contribution in [2.75, 3.05) is 18.5 Å². The molecule has 1 N–H and O–H groups in total. The zero-order valence-electron chi connectivity index (χ0n) is 12.6. The number of nitrogens with one attached hydrogen (secondary N) is 1. The zero-order chi connectivity index (χ0) is 14.7. The Kier molecular flexibility index (Phi) is 4.46. The Labute approximate surface area is 130 Å². The van der Waals surface area contributed by atoms with Gasteiger partial charge in [-0.2, -0.15) is 0 Å². The number of para-hydroxylation sites is 1. The smallest absolute Gasteiger partial charge is 0.146 e. The Balaban J connectivity index is 1.79. The quantitative estimate of drug-likeness (QED) is 0.904. The Morgan fingerprint density at radius 3 is 2.90 bits per heavy atom. The van der Waals surface area contributed by atoms with Crippen LogP contribution in [0.15, 0.2) is 35.7 Å². The second kappa shape index (κ2) is 6.50. The summed E-state index contributed by atoms with van der Waals surface area (Å²) >= 11 is 1.82. The molecule has 2 heterocycles. The van der Waals surface area contributed by atoms with Crippen molar-refractivity contribution in [3.05, 3.63) is 46.2 Å². The lowest BCUT2D eigenvalue weighted by atomic mass is 10.1. The van der Waals surface area contributed by atoms with Crippen LogP contribution in [-0.4, -0.2) is 24.1 Å². The Morgan fingerprint density at radius 1 is 1.24 bits per heavy atom. The lowest BCUT2D eigenvalue weighted by Crippen LogP contribution is -2.30. The minimum absolute atomic E-state index is 0.500. The van der Waals surface area contributed by atoms with Gasteiger partial charge in [0.15, 0.2) is 0 Å². The standard InChI is InChI=1S/C17H22N2OS/c1-13(2)19(12-15-6-4-10-21-15)11-14-5-3-7-16-17(14)20-9-8-18-16/h3-7,10,13,18H,8-9,11-12H2,1-2H3. The normalized spacial score (nSPS) is 13.9. The van der Waals surface area contributed by atoms with Gasteiger partial charge in [-0.05, 0) is 31.4 Å². The van der Waals surface area contributed by atoms with Crippen LogP contribution in [0.2, 0.25) is 0 Å². The number of thiophene rings is 1. The predicted molar refractivity (Wildman–Crippen MR) is 89.1 cm³/mol. The average molecular weight is 302 g/mol. The fourth-order valence-electron chi connectivity index (χ4n) is 2.60. The first-order chi connectivity index (χ1) is 10.2. The molecular weight excluding hydrogens is 280 g/mol. The highest BCUT2D eigenvalue weighted by Gasteiger charge is 2.18. The van der Waals surface area contributed by atoms with Crippen molar-refractivity contribution >= 4 is 17.0 Å². The molecule has 0 saturated heterocycles. The van der Waals surface area contributed by atoms with Crippen LogP contribution >= 0.6 is 11.3 Å². The molecule has 4 heteroatoms. The van der Waals surface area contributed by atoms with Crippen LogP contribution in [0, 0.1) is 0 Å². The Bertz CT molecular complexity index is 580. The topological polar surface area (TPSA) is 24.5 Å². The van der Waals surface area contributed by atoms with Crippen LogP contribution in [0.5, 0.6) is 5.75 Å². The molecule has 0 unspecified atom stereocenters. The number of rotatable bonds is 5. The van der Waals surface area contributed by atoms with Crippen LogP contribution < -0.4 is 10.1 Å². The summed E-state index contributed by atoms with van der Waals surface area (Å²) in [7, 11) is 0. The van der Waals surface area contributed by atoms with E-state index in [1.54, 1.807) is 0 Å². The van der Waals surface area contributed by atoms with Crippen molar-refractivity contribution in [2.24, 2.45) is 0 Å². The third kappa shape index (κ3) is 3.39. The SMILES string of the molecule is CC(C)N(Cc1cccs1)Cc1cccc2c1OCCN2. The number of ether oxygens (including phenoxy) is 1. The van der Waals surface area contributed by atoms with E-state index in [2.05, 4.69) is 59.8 Å². The summed E-state index contributed by atoms with van der Waals surface area (Å²) in [6.07, 6.45) is 0. The van der Waals surface area contributed by atoms with Crippen LogP contribution in [0.3, 0.4) is 0 Å². The van der Waals surface area contributed by atoms with E-state index < -0.39 is 0 Å². The van der Waals surface area contributed by atoms with E-state index in [1.165, 1.54) is 10.4 Å². The molecule has 0 amide bonds. The predicted octanol–water partition coefficient (Wildman–Crippen LogP) is 3.96. The van der Waals surface area contributed by atoms with E-state index in [0.717, 1.165) is 37.7 Å². The molecule has 2 aromatic rings. The maximum Gasteiger partial charge on any atom is 0.146 e. The lowest BCUT2D eigenvalue weighted by molar-refractivity contribution is 0.201. The molecule has 0 fully saturated rings. The third-order valence-corrected chi connectivity index (χ3v) is 4.66. The average Bonchev–Trinajstić information content (AvgIpc) is 3.00. The molecule has 21 heavy (non-hydrogen) atoms. The molecular formula is C17H22N2OS. The fraction of sp³-hybridized carbons (Fsp3) is 0.412. The van der Waals surface area contributed by atoms with Gasteiger partial charge >= 0.3 is 0 Å². The molecule has 0 spiro atoms. The summed E-state index contributed by atoms with van der Waals surface area (Å²) in [5.74, 6) is 1.03. The number of hydrogen-bond donors (Lipinski definition) is 1. The van der Waals surface area contributed by atoms with Gasteiger partial charge in [-0.25, -0.2) is 0 Å². The summed E-state index contributed by atoms with van der Waals surface area (Å²) in [5.41, 5.74) is 2.39. The van der Waals surface area contributed by atoms with E-state index >= 15 is 0 Å². The molecule has 0 radical (unpaired) electrons. The van der Waals surface area contributed by atoms with E-state index in [9.17, 15) is 0 Å². The lowest BCUT2D eigenvalue weighted by Gasteiger charge is -2.28. The summed E-state index contributed by atoms with van der Waals surface area (Å²) < 4.78 is 5.88. The largest absolute Gasteiger partial charge is 0.489 e. The van der Waals surface area contributed by atoms with Crippen molar-refractivity contribution in [3.63, 3.8) is 0 Å². The first-order valence-electron chi connectivity index (χ1n) is 7.49. The van der Waals surface area contributed by atoms with E-state index in [1.807, 2.05) is 11.3 Å². The first-order valence-corrected chi connectivity index (χ1v) is 8.37. The van der Waals surface area contributed by atoms with Crippen molar-refractivity contribution in [1.82, 2.24) is 4.90 Å². The zero-order valence-corrected chi connectivity index (χ0v) is 13.5. The minimum atomic E-state index is 0.500. The number of anilines is 1. The van der Waals surface area contributed by atoms with Gasteiger partial charge in [-0.3, -0.25) is 4.90 Å². The van der Waals surface area contributed by atoms with E-state index in [0.29, 0.717) is 6.04 Å². The van der Waals surface area contributed by atoms with Gasteiger partial charge in [0, 0.05) is 36.1 Å². The number of fused-ring (bicyclic) bond motifs is 1. The van der Waals surface area contributed by atoms with Gasteiger partial charge in [0.25, 0.3) is 0 Å². The van der Waals surface area contributed by atoms with Gasteiger partial charge in [0.2, 0.25) is 0 Å². The van der Waals surface area contributed by atoms with Crippen molar-refractivity contribution in [1.29, 1.82) is 0 Å². The van der Waals surface area contributed by atoms with Gasteiger partial charge < -0.3 is 10.1 Å². The summed E-state index contributed by atoms with van der Waals surface area (Å²) in [6.45, 7) is 8.05. The molecule has 0 saturated carbocycles. The molecule has 0 bridgehead atoms. The van der Waals surface area contributed by atoms with Gasteiger partial charge in [0.05, 0.1) is 5.69 Å². The number of hydrogen-bond acceptors (Lipinski definition) is 4.